The number of hydrogen-bond donors (Lipinski definition) is 1. The summed E-state index contributed by atoms with van der Waals surface area (Å²) in [6.07, 6.45) is 5.12. The minimum Gasteiger partial charge on any atom is -0.443 e. The molecule has 1 aliphatic rings. The van der Waals surface area contributed by atoms with Gasteiger partial charge in [-0.05, 0) is 57.8 Å². The van der Waals surface area contributed by atoms with Gasteiger partial charge in [-0.3, -0.25) is 4.79 Å². The van der Waals surface area contributed by atoms with Crippen molar-refractivity contribution in [3.8, 4) is 11.8 Å². The lowest BCUT2D eigenvalue weighted by Crippen LogP contribution is -2.36. The van der Waals surface area contributed by atoms with Crippen LogP contribution in [0.1, 0.15) is 55.8 Å². The smallest absolute Gasteiger partial charge is 0.289 e. The van der Waals surface area contributed by atoms with Gasteiger partial charge in [0.15, 0.2) is 11.5 Å². The van der Waals surface area contributed by atoms with E-state index < -0.39 is 5.60 Å². The van der Waals surface area contributed by atoms with Crippen LogP contribution >= 0.6 is 0 Å². The Morgan fingerprint density at radius 1 is 1.29 bits per heavy atom. The first-order chi connectivity index (χ1) is 11.3. The maximum atomic E-state index is 12.4. The molecule has 1 fully saturated rings. The monoisotopic (exact) mass is 332 g/mol. The van der Waals surface area contributed by atoms with E-state index in [1.54, 1.807) is 37.9 Å². The maximum absolute atomic E-state index is 12.4. The van der Waals surface area contributed by atoms with Crippen LogP contribution in [0, 0.1) is 11.8 Å². The van der Waals surface area contributed by atoms with Gasteiger partial charge in [-0.25, -0.2) is 0 Å². The van der Waals surface area contributed by atoms with Crippen molar-refractivity contribution in [1.29, 1.82) is 0 Å². The summed E-state index contributed by atoms with van der Waals surface area (Å²) in [5.74, 6) is 5.96. The van der Waals surface area contributed by atoms with Crippen LogP contribution in [0.4, 0.5) is 0 Å². The summed E-state index contributed by atoms with van der Waals surface area (Å²) in [5.41, 5.74) is -1.08. The second-order valence-corrected chi connectivity index (χ2v) is 6.96. The van der Waals surface area contributed by atoms with Crippen molar-refractivity contribution in [2.24, 2.45) is 0 Å². The number of hydrogen-bond acceptors (Lipinski definition) is 4. The van der Waals surface area contributed by atoms with Gasteiger partial charge in [-0.2, -0.15) is 0 Å². The largest absolute Gasteiger partial charge is 0.443 e. The number of furan rings is 1. The van der Waals surface area contributed by atoms with Gasteiger partial charge in [0, 0.05) is 20.1 Å². The minimum absolute atomic E-state index is 0.138. The average Bonchev–Trinajstić information content (AvgIpc) is 2.85. The van der Waals surface area contributed by atoms with Crippen LogP contribution < -0.4 is 0 Å². The van der Waals surface area contributed by atoms with E-state index in [-0.39, 0.29) is 11.7 Å². The molecule has 1 N–H and O–H groups in total. The van der Waals surface area contributed by atoms with Gasteiger partial charge in [0.2, 0.25) is 0 Å². The number of carbonyl (C=O) groups is 1. The Labute approximate surface area is 144 Å². The Kier molecular flexibility index (Phi) is 6.47. The summed E-state index contributed by atoms with van der Waals surface area (Å²) in [6.45, 7) is 7.04. The molecule has 0 spiro atoms. The van der Waals surface area contributed by atoms with Crippen LogP contribution in [-0.4, -0.2) is 59.6 Å². The number of aliphatic hydroxyl groups is 1. The molecule has 1 aromatic heterocycles. The minimum atomic E-state index is -1.08. The molecule has 0 atom stereocenters. The molecular weight excluding hydrogens is 304 g/mol. The fraction of sp³-hybridized carbons (Fsp3) is 0.632. The molecule has 5 nitrogen and oxygen atoms in total. The first-order valence-corrected chi connectivity index (χ1v) is 8.68. The number of rotatable bonds is 4. The predicted octanol–water partition coefficient (Wildman–Crippen LogP) is 2.35. The van der Waals surface area contributed by atoms with E-state index in [0.29, 0.717) is 12.3 Å². The lowest BCUT2D eigenvalue weighted by Gasteiger charge is -2.23. The summed E-state index contributed by atoms with van der Waals surface area (Å²) in [7, 11) is 1.80. The highest BCUT2D eigenvalue weighted by Gasteiger charge is 2.17. The maximum Gasteiger partial charge on any atom is 0.289 e. The van der Waals surface area contributed by atoms with Crippen LogP contribution in [0.3, 0.4) is 0 Å². The summed E-state index contributed by atoms with van der Waals surface area (Å²) >= 11 is 0. The highest BCUT2D eigenvalue weighted by atomic mass is 16.4. The van der Waals surface area contributed by atoms with Crippen LogP contribution in [0.15, 0.2) is 16.5 Å². The molecule has 0 unspecified atom stereocenters. The second kappa shape index (κ2) is 8.36. The number of carbonyl (C=O) groups excluding carboxylic acids is 1. The van der Waals surface area contributed by atoms with Gasteiger partial charge < -0.3 is 19.3 Å². The molecule has 0 saturated carbocycles. The molecular formula is C19H28N2O3. The van der Waals surface area contributed by atoms with Gasteiger partial charge >= 0.3 is 0 Å². The van der Waals surface area contributed by atoms with E-state index >= 15 is 0 Å². The zero-order valence-corrected chi connectivity index (χ0v) is 15.0. The van der Waals surface area contributed by atoms with E-state index in [4.69, 9.17) is 4.42 Å². The fourth-order valence-corrected chi connectivity index (χ4v) is 2.68. The third-order valence-electron chi connectivity index (χ3n) is 4.11. The van der Waals surface area contributed by atoms with Crippen molar-refractivity contribution >= 4 is 5.91 Å². The average molecular weight is 332 g/mol. The Balaban J connectivity index is 1.88. The zero-order chi connectivity index (χ0) is 17.6. The molecule has 1 amide bonds. The first kappa shape index (κ1) is 18.6. The van der Waals surface area contributed by atoms with Gasteiger partial charge in [0.05, 0.1) is 0 Å². The fourth-order valence-electron chi connectivity index (χ4n) is 2.68. The highest BCUT2D eigenvalue weighted by molar-refractivity contribution is 5.91. The molecule has 5 heteroatoms. The molecule has 0 bridgehead atoms. The third-order valence-corrected chi connectivity index (χ3v) is 4.11. The molecule has 1 aliphatic heterocycles. The molecule has 1 saturated heterocycles. The number of likely N-dealkylation sites (N-methyl/N-ethyl adjacent to an activating group) is 1. The van der Waals surface area contributed by atoms with Crippen LogP contribution in [0.2, 0.25) is 0 Å². The standard InChI is InChI=1S/C19H28N2O3/c1-19(2,23)11-10-16-8-9-17(24-16)18(22)20(3)14-15-21-12-6-4-5-7-13-21/h8-9,23H,4-7,12-15H2,1-3H3. The number of likely N-dealkylation sites (tertiary alicyclic amines) is 1. The van der Waals surface area contributed by atoms with Crippen molar-refractivity contribution in [2.45, 2.75) is 45.1 Å². The van der Waals surface area contributed by atoms with Crippen molar-refractivity contribution in [3.05, 3.63) is 23.7 Å². The first-order valence-electron chi connectivity index (χ1n) is 8.68. The molecule has 0 radical (unpaired) electrons. The van der Waals surface area contributed by atoms with Gasteiger partial charge in [-0.1, -0.05) is 18.8 Å². The Hall–Kier alpha value is -1.77. The van der Waals surface area contributed by atoms with Gasteiger partial charge in [-0.15, -0.1) is 0 Å². The van der Waals surface area contributed by atoms with E-state index in [0.717, 1.165) is 19.6 Å². The topological polar surface area (TPSA) is 56.9 Å². The van der Waals surface area contributed by atoms with Crippen LogP contribution in [0.25, 0.3) is 0 Å². The molecule has 2 rings (SSSR count). The van der Waals surface area contributed by atoms with Crippen molar-refractivity contribution in [3.63, 3.8) is 0 Å². The summed E-state index contributed by atoms with van der Waals surface area (Å²) in [5, 5.41) is 9.60. The van der Waals surface area contributed by atoms with Crippen LogP contribution in [0.5, 0.6) is 0 Å². The highest BCUT2D eigenvalue weighted by Crippen LogP contribution is 2.12. The summed E-state index contributed by atoms with van der Waals surface area (Å²) in [4.78, 5) is 16.5. The van der Waals surface area contributed by atoms with Crippen molar-refractivity contribution in [1.82, 2.24) is 9.80 Å². The SMILES string of the molecule is CN(CCN1CCCCCC1)C(=O)c1ccc(C#CC(C)(C)O)o1. The second-order valence-electron chi connectivity index (χ2n) is 6.96. The summed E-state index contributed by atoms with van der Waals surface area (Å²) in [6, 6.07) is 3.30. The lowest BCUT2D eigenvalue weighted by atomic mass is 10.1. The van der Waals surface area contributed by atoms with E-state index in [1.807, 2.05) is 0 Å². The van der Waals surface area contributed by atoms with Crippen molar-refractivity contribution < 1.29 is 14.3 Å². The van der Waals surface area contributed by atoms with E-state index in [1.165, 1.54) is 25.7 Å². The quantitative estimate of drug-likeness (QED) is 0.860. The van der Waals surface area contributed by atoms with Gasteiger partial charge in [0.25, 0.3) is 5.91 Å². The molecule has 1 aromatic rings. The molecule has 24 heavy (non-hydrogen) atoms. The lowest BCUT2D eigenvalue weighted by molar-refractivity contribution is 0.0746. The summed E-state index contributed by atoms with van der Waals surface area (Å²) < 4.78 is 5.48. The molecule has 2 heterocycles. The van der Waals surface area contributed by atoms with Crippen molar-refractivity contribution in [2.75, 3.05) is 33.2 Å². The van der Waals surface area contributed by atoms with Gasteiger partial charge in [0.1, 0.15) is 5.60 Å². The predicted molar refractivity (Wildman–Crippen MR) is 93.8 cm³/mol. The van der Waals surface area contributed by atoms with E-state index in [2.05, 4.69) is 16.7 Å². The third kappa shape index (κ3) is 6.03. The Morgan fingerprint density at radius 2 is 1.96 bits per heavy atom. The Bertz CT molecular complexity index is 596. The van der Waals surface area contributed by atoms with Crippen LogP contribution in [-0.2, 0) is 0 Å². The number of amides is 1. The van der Waals surface area contributed by atoms with E-state index in [9.17, 15) is 9.90 Å². The number of nitrogens with zero attached hydrogens (tertiary/aromatic N) is 2. The normalized spacial score (nSPS) is 16.2. The molecule has 132 valence electrons. The molecule has 0 aromatic carbocycles. The Morgan fingerprint density at radius 3 is 2.58 bits per heavy atom. The zero-order valence-electron chi connectivity index (χ0n) is 15.0. The molecule has 0 aliphatic carbocycles.